The summed E-state index contributed by atoms with van der Waals surface area (Å²) < 4.78 is 11.5. The number of hydrogen-bond donors (Lipinski definition) is 2. The van der Waals surface area contributed by atoms with Crippen LogP contribution in [-0.4, -0.2) is 84.6 Å². The van der Waals surface area contributed by atoms with Gasteiger partial charge in [0.1, 0.15) is 23.1 Å². The lowest BCUT2D eigenvalue weighted by Crippen LogP contribution is -2.49. The zero-order valence-electron chi connectivity index (χ0n) is 23.2. The number of fused-ring (bicyclic) bond motifs is 1. The third-order valence-corrected chi connectivity index (χ3v) is 8.61. The number of likely N-dealkylation sites (N-methyl/N-ethyl adjacent to an activating group) is 1. The highest BCUT2D eigenvalue weighted by Crippen LogP contribution is 2.40. The summed E-state index contributed by atoms with van der Waals surface area (Å²) in [5.74, 6) is 0.136. The predicted molar refractivity (Wildman–Crippen MR) is 154 cm³/mol. The predicted octanol–water partition coefficient (Wildman–Crippen LogP) is 2.85. The maximum Gasteiger partial charge on any atom is 0.304 e. The standard InChI is InChI=1S/C30H34N4O6S/c1-33-9-10-34(18-27(33)35)11-12-40-22-7-8-23(25(13-22)39-2)24-19-41-26(32-24)17-31-29(38)30(16-28(36)37)14-20-5-3-4-6-21(20)15-30/h3-8,13,19H,9-12,14-18H2,1-2H3,(H,31,38)(H,36,37). The molecule has 0 radical (unpaired) electrons. The van der Waals surface area contributed by atoms with Crippen molar-refractivity contribution in [1.29, 1.82) is 0 Å². The van der Waals surface area contributed by atoms with Crippen LogP contribution in [0.4, 0.5) is 0 Å². The van der Waals surface area contributed by atoms with Crippen molar-refractivity contribution in [2.24, 2.45) is 5.41 Å². The van der Waals surface area contributed by atoms with E-state index in [1.54, 1.807) is 12.0 Å². The van der Waals surface area contributed by atoms with Gasteiger partial charge < -0.3 is 24.8 Å². The zero-order valence-corrected chi connectivity index (χ0v) is 24.0. The van der Waals surface area contributed by atoms with Crippen LogP contribution >= 0.6 is 11.3 Å². The van der Waals surface area contributed by atoms with Gasteiger partial charge in [0.05, 0.1) is 37.7 Å². The molecule has 2 aromatic carbocycles. The summed E-state index contributed by atoms with van der Waals surface area (Å²) in [4.78, 5) is 45.4. The number of nitrogens with one attached hydrogen (secondary N) is 1. The van der Waals surface area contributed by atoms with Crippen LogP contribution in [-0.2, 0) is 33.8 Å². The topological polar surface area (TPSA) is 121 Å². The molecule has 1 aliphatic carbocycles. The molecule has 0 atom stereocenters. The molecule has 1 aliphatic heterocycles. The van der Waals surface area contributed by atoms with E-state index in [-0.39, 0.29) is 24.8 Å². The molecule has 10 nitrogen and oxygen atoms in total. The summed E-state index contributed by atoms with van der Waals surface area (Å²) in [7, 11) is 3.41. The van der Waals surface area contributed by atoms with E-state index in [1.807, 2.05) is 54.9 Å². The fraction of sp³-hybridized carbons (Fsp3) is 0.400. The molecule has 5 rings (SSSR count). The number of piperazine rings is 1. The number of amides is 2. The number of benzene rings is 2. The SMILES string of the molecule is COc1cc(OCCN2CCN(C)C(=O)C2)ccc1-c1csc(CNC(=O)C2(CC(=O)O)Cc3ccccc3C2)n1. The Morgan fingerprint density at radius 3 is 2.59 bits per heavy atom. The van der Waals surface area contributed by atoms with E-state index in [0.29, 0.717) is 54.7 Å². The number of ether oxygens (including phenoxy) is 2. The van der Waals surface area contributed by atoms with Crippen molar-refractivity contribution in [3.8, 4) is 22.8 Å². The number of thiazole rings is 1. The molecule has 0 spiro atoms. The second-order valence-electron chi connectivity index (χ2n) is 10.6. The maximum absolute atomic E-state index is 13.3. The van der Waals surface area contributed by atoms with Crippen LogP contribution in [0.2, 0.25) is 0 Å². The first-order chi connectivity index (χ1) is 19.8. The van der Waals surface area contributed by atoms with Gasteiger partial charge in [0.2, 0.25) is 11.8 Å². The maximum atomic E-state index is 13.3. The Labute approximate surface area is 242 Å². The van der Waals surface area contributed by atoms with Gasteiger partial charge in [-0.1, -0.05) is 24.3 Å². The van der Waals surface area contributed by atoms with Crippen LogP contribution in [0.15, 0.2) is 47.8 Å². The first-order valence-electron chi connectivity index (χ1n) is 13.5. The summed E-state index contributed by atoms with van der Waals surface area (Å²) in [6.45, 7) is 3.27. The van der Waals surface area contributed by atoms with Gasteiger partial charge in [-0.05, 0) is 36.1 Å². The molecular weight excluding hydrogens is 544 g/mol. The number of nitrogens with zero attached hydrogens (tertiary/aromatic N) is 3. The molecule has 1 fully saturated rings. The summed E-state index contributed by atoms with van der Waals surface area (Å²) in [6.07, 6.45) is 0.586. The van der Waals surface area contributed by atoms with Gasteiger partial charge in [-0.15, -0.1) is 11.3 Å². The molecular formula is C30H34N4O6S. The van der Waals surface area contributed by atoms with Crippen molar-refractivity contribution in [1.82, 2.24) is 20.1 Å². The molecule has 0 unspecified atom stereocenters. The van der Waals surface area contributed by atoms with Crippen LogP contribution in [0.1, 0.15) is 22.6 Å². The highest BCUT2D eigenvalue weighted by atomic mass is 32.1. The molecule has 2 N–H and O–H groups in total. The van der Waals surface area contributed by atoms with Crippen LogP contribution in [0.25, 0.3) is 11.3 Å². The van der Waals surface area contributed by atoms with Crippen LogP contribution in [0.5, 0.6) is 11.5 Å². The number of aromatic nitrogens is 1. The molecule has 216 valence electrons. The fourth-order valence-corrected chi connectivity index (χ4v) is 6.21. The lowest BCUT2D eigenvalue weighted by molar-refractivity contribution is -0.145. The average molecular weight is 579 g/mol. The molecule has 3 aromatic rings. The summed E-state index contributed by atoms with van der Waals surface area (Å²) in [5, 5.41) is 15.1. The van der Waals surface area contributed by atoms with Crippen LogP contribution in [0.3, 0.4) is 0 Å². The smallest absolute Gasteiger partial charge is 0.304 e. The van der Waals surface area contributed by atoms with E-state index in [9.17, 15) is 19.5 Å². The Hall–Kier alpha value is -3.96. The second kappa shape index (κ2) is 12.3. The van der Waals surface area contributed by atoms with E-state index < -0.39 is 11.4 Å². The van der Waals surface area contributed by atoms with Gasteiger partial charge in [0.15, 0.2) is 0 Å². The molecule has 0 bridgehead atoms. The van der Waals surface area contributed by atoms with Gasteiger partial charge in [0.25, 0.3) is 0 Å². The number of hydrogen-bond acceptors (Lipinski definition) is 8. The molecule has 2 amide bonds. The van der Waals surface area contributed by atoms with Crippen molar-refractivity contribution in [2.75, 3.05) is 46.9 Å². The van der Waals surface area contributed by atoms with E-state index in [2.05, 4.69) is 10.2 Å². The number of methoxy groups -OCH3 is 1. The Morgan fingerprint density at radius 2 is 1.90 bits per heavy atom. The first kappa shape index (κ1) is 28.6. The quantitative estimate of drug-likeness (QED) is 0.356. The van der Waals surface area contributed by atoms with Crippen molar-refractivity contribution >= 4 is 29.1 Å². The van der Waals surface area contributed by atoms with E-state index in [0.717, 1.165) is 29.8 Å². The molecule has 0 saturated carbocycles. The highest BCUT2D eigenvalue weighted by Gasteiger charge is 2.45. The number of carbonyl (C=O) groups excluding carboxylic acids is 2. The Bertz CT molecular complexity index is 1410. The second-order valence-corrected chi connectivity index (χ2v) is 11.5. The van der Waals surface area contributed by atoms with Gasteiger partial charge in [-0.2, -0.15) is 0 Å². The Kier molecular flexibility index (Phi) is 8.55. The number of aliphatic carboxylic acids is 1. The Morgan fingerprint density at radius 1 is 1.15 bits per heavy atom. The molecule has 1 aromatic heterocycles. The number of carbonyl (C=O) groups is 3. The minimum atomic E-state index is -1.01. The van der Waals surface area contributed by atoms with Gasteiger partial charge in [-0.25, -0.2) is 4.98 Å². The third-order valence-electron chi connectivity index (χ3n) is 7.76. The molecule has 2 aliphatic rings. The van der Waals surface area contributed by atoms with Crippen LogP contribution < -0.4 is 14.8 Å². The Balaban J connectivity index is 1.19. The summed E-state index contributed by atoms with van der Waals surface area (Å²) in [5.41, 5.74) is 2.55. The van der Waals surface area contributed by atoms with E-state index in [4.69, 9.17) is 14.5 Å². The number of carboxylic acid groups (broad SMARTS) is 1. The summed E-state index contributed by atoms with van der Waals surface area (Å²) in [6, 6.07) is 13.3. The van der Waals surface area contributed by atoms with Crippen molar-refractivity contribution in [3.05, 3.63) is 64.0 Å². The average Bonchev–Trinajstić information content (AvgIpc) is 3.58. The largest absolute Gasteiger partial charge is 0.496 e. The zero-order chi connectivity index (χ0) is 29.0. The monoisotopic (exact) mass is 578 g/mol. The van der Waals surface area contributed by atoms with Crippen molar-refractivity contribution in [2.45, 2.75) is 25.8 Å². The first-order valence-corrected chi connectivity index (χ1v) is 14.4. The minimum absolute atomic E-state index is 0.119. The van der Waals surface area contributed by atoms with Gasteiger partial charge >= 0.3 is 5.97 Å². The molecule has 2 heterocycles. The van der Waals surface area contributed by atoms with Gasteiger partial charge in [-0.3, -0.25) is 19.3 Å². The van der Waals surface area contributed by atoms with E-state index in [1.165, 1.54) is 11.3 Å². The number of rotatable bonds is 11. The molecule has 41 heavy (non-hydrogen) atoms. The van der Waals surface area contributed by atoms with Crippen molar-refractivity contribution in [3.63, 3.8) is 0 Å². The number of carboxylic acids is 1. The normalized spacial score (nSPS) is 16.3. The lowest BCUT2D eigenvalue weighted by atomic mass is 9.80. The van der Waals surface area contributed by atoms with Gasteiger partial charge in [0, 0.05) is 43.7 Å². The van der Waals surface area contributed by atoms with E-state index >= 15 is 0 Å². The van der Waals surface area contributed by atoms with Crippen molar-refractivity contribution < 1.29 is 29.0 Å². The fourth-order valence-electron chi connectivity index (χ4n) is 5.47. The van der Waals surface area contributed by atoms with Crippen LogP contribution in [0, 0.1) is 5.41 Å². The third kappa shape index (κ3) is 6.52. The summed E-state index contributed by atoms with van der Waals surface area (Å²) >= 11 is 1.42. The molecule has 11 heteroatoms. The lowest BCUT2D eigenvalue weighted by Gasteiger charge is -2.31. The minimum Gasteiger partial charge on any atom is -0.496 e. The molecule has 1 saturated heterocycles. The highest BCUT2D eigenvalue weighted by molar-refractivity contribution is 7.09.